The topological polar surface area (TPSA) is 71.4 Å². The van der Waals surface area contributed by atoms with Crippen molar-refractivity contribution in [1.82, 2.24) is 10.3 Å². The lowest BCUT2D eigenvalue weighted by molar-refractivity contribution is 0.0950. The molecule has 0 unspecified atom stereocenters. The summed E-state index contributed by atoms with van der Waals surface area (Å²) < 4.78 is 13.3. The summed E-state index contributed by atoms with van der Waals surface area (Å²) in [6.07, 6.45) is 3.23. The van der Waals surface area contributed by atoms with E-state index >= 15 is 0 Å². The molecule has 0 saturated carbocycles. The monoisotopic (exact) mass is 259 g/mol. The molecule has 0 radical (unpaired) electrons. The van der Waals surface area contributed by atoms with Crippen LogP contribution in [0.5, 0.6) is 0 Å². The van der Waals surface area contributed by atoms with Crippen molar-refractivity contribution in [1.29, 1.82) is 0 Å². The van der Waals surface area contributed by atoms with E-state index in [2.05, 4.69) is 15.5 Å². The number of nitroso groups, excluding NO2 is 1. The van der Waals surface area contributed by atoms with Gasteiger partial charge in [0.25, 0.3) is 5.91 Å². The molecule has 1 amide bonds. The number of hydrogen-bond acceptors (Lipinski definition) is 4. The van der Waals surface area contributed by atoms with Crippen molar-refractivity contribution in [3.05, 3.63) is 64.6 Å². The average Bonchev–Trinajstić information content (AvgIpc) is 2.45. The predicted molar refractivity (Wildman–Crippen MR) is 67.3 cm³/mol. The van der Waals surface area contributed by atoms with E-state index in [0.29, 0.717) is 6.54 Å². The molecule has 1 aromatic heterocycles. The second kappa shape index (κ2) is 5.81. The van der Waals surface area contributed by atoms with E-state index in [-0.39, 0.29) is 11.3 Å². The van der Waals surface area contributed by atoms with Crippen LogP contribution in [-0.4, -0.2) is 10.9 Å². The predicted octanol–water partition coefficient (Wildman–Crippen LogP) is 2.55. The number of amides is 1. The smallest absolute Gasteiger partial charge is 0.251 e. The van der Waals surface area contributed by atoms with Crippen LogP contribution in [0.25, 0.3) is 0 Å². The van der Waals surface area contributed by atoms with E-state index in [9.17, 15) is 14.1 Å². The zero-order valence-corrected chi connectivity index (χ0v) is 9.84. The lowest BCUT2D eigenvalue weighted by Gasteiger charge is -2.05. The van der Waals surface area contributed by atoms with Crippen molar-refractivity contribution < 1.29 is 9.18 Å². The summed E-state index contributed by atoms with van der Waals surface area (Å²) in [4.78, 5) is 25.8. The third-order valence-corrected chi connectivity index (χ3v) is 2.51. The number of benzene rings is 1. The largest absolute Gasteiger partial charge is 0.348 e. The molecular formula is C13H10FN3O2. The fraction of sp³-hybridized carbons (Fsp3) is 0.0769. The molecule has 1 N–H and O–H groups in total. The molecule has 19 heavy (non-hydrogen) atoms. The molecule has 0 spiro atoms. The number of aromatic nitrogens is 1. The van der Waals surface area contributed by atoms with E-state index in [4.69, 9.17) is 0 Å². The van der Waals surface area contributed by atoms with Gasteiger partial charge in [-0.1, -0.05) is 0 Å². The summed E-state index contributed by atoms with van der Waals surface area (Å²) in [7, 11) is 0. The molecule has 1 heterocycles. The van der Waals surface area contributed by atoms with Crippen LogP contribution in [0.3, 0.4) is 0 Å². The standard InChI is InChI=1S/C13H10FN3O2/c14-11-7-10(1-2-12(11)17-19)13(18)16-8-9-3-5-15-6-4-9/h1-7H,8H2,(H,16,18). The van der Waals surface area contributed by atoms with Crippen molar-refractivity contribution in [2.45, 2.75) is 6.54 Å². The summed E-state index contributed by atoms with van der Waals surface area (Å²) >= 11 is 0. The summed E-state index contributed by atoms with van der Waals surface area (Å²) in [6, 6.07) is 7.03. The van der Waals surface area contributed by atoms with Crippen LogP contribution in [0.2, 0.25) is 0 Å². The maximum absolute atomic E-state index is 13.3. The highest BCUT2D eigenvalue weighted by Crippen LogP contribution is 2.18. The molecule has 2 rings (SSSR count). The first-order chi connectivity index (χ1) is 9.20. The molecule has 2 aromatic rings. The maximum Gasteiger partial charge on any atom is 0.251 e. The fourth-order valence-electron chi connectivity index (χ4n) is 1.51. The second-order valence-electron chi connectivity index (χ2n) is 3.80. The molecule has 96 valence electrons. The summed E-state index contributed by atoms with van der Waals surface area (Å²) in [5, 5.41) is 5.14. The Bertz CT molecular complexity index is 602. The van der Waals surface area contributed by atoms with Crippen molar-refractivity contribution in [2.75, 3.05) is 0 Å². The number of rotatable bonds is 4. The average molecular weight is 259 g/mol. The second-order valence-corrected chi connectivity index (χ2v) is 3.80. The van der Waals surface area contributed by atoms with E-state index in [1.165, 1.54) is 12.1 Å². The van der Waals surface area contributed by atoms with Crippen LogP contribution in [0.4, 0.5) is 10.1 Å². The van der Waals surface area contributed by atoms with Crippen molar-refractivity contribution in [2.24, 2.45) is 5.18 Å². The van der Waals surface area contributed by atoms with E-state index < -0.39 is 11.7 Å². The third-order valence-electron chi connectivity index (χ3n) is 2.51. The SMILES string of the molecule is O=Nc1ccc(C(=O)NCc2ccncc2)cc1F. The van der Waals surface area contributed by atoms with Gasteiger partial charge in [-0.3, -0.25) is 9.78 Å². The number of nitrogens with one attached hydrogen (secondary N) is 1. The molecule has 0 aliphatic heterocycles. The van der Waals surface area contributed by atoms with Crippen LogP contribution < -0.4 is 5.32 Å². The molecule has 0 bridgehead atoms. The quantitative estimate of drug-likeness (QED) is 0.857. The van der Waals surface area contributed by atoms with E-state index in [1.54, 1.807) is 24.5 Å². The normalized spacial score (nSPS) is 9.95. The minimum absolute atomic E-state index is 0.138. The summed E-state index contributed by atoms with van der Waals surface area (Å²) in [5.74, 6) is -1.24. The zero-order valence-electron chi connectivity index (χ0n) is 9.84. The van der Waals surface area contributed by atoms with Crippen molar-refractivity contribution in [3.63, 3.8) is 0 Å². The van der Waals surface area contributed by atoms with Gasteiger partial charge in [-0.05, 0) is 41.1 Å². The van der Waals surface area contributed by atoms with Gasteiger partial charge < -0.3 is 5.32 Å². The van der Waals surface area contributed by atoms with Gasteiger partial charge in [-0.2, -0.15) is 0 Å². The first kappa shape index (κ1) is 12.8. The first-order valence-corrected chi connectivity index (χ1v) is 5.50. The summed E-state index contributed by atoms with van der Waals surface area (Å²) in [5.41, 5.74) is 0.708. The Balaban J connectivity index is 2.04. The minimum atomic E-state index is -0.813. The van der Waals surface area contributed by atoms with Gasteiger partial charge in [-0.15, -0.1) is 4.91 Å². The Morgan fingerprint density at radius 3 is 2.63 bits per heavy atom. The van der Waals surface area contributed by atoms with Crippen LogP contribution in [0, 0.1) is 10.7 Å². The molecule has 0 saturated heterocycles. The lowest BCUT2D eigenvalue weighted by atomic mass is 10.2. The van der Waals surface area contributed by atoms with Gasteiger partial charge in [0.15, 0.2) is 5.82 Å². The highest BCUT2D eigenvalue weighted by atomic mass is 19.1. The molecular weight excluding hydrogens is 249 g/mol. The van der Waals surface area contributed by atoms with Crippen molar-refractivity contribution in [3.8, 4) is 0 Å². The number of carbonyl (C=O) groups is 1. The number of nitrogens with zero attached hydrogens (tertiary/aromatic N) is 2. The Hall–Kier alpha value is -2.63. The Kier molecular flexibility index (Phi) is 3.92. The molecule has 6 heteroatoms. The molecule has 0 atom stereocenters. The fourth-order valence-corrected chi connectivity index (χ4v) is 1.51. The van der Waals surface area contributed by atoms with Gasteiger partial charge in [0.2, 0.25) is 0 Å². The molecule has 0 aliphatic rings. The molecule has 1 aromatic carbocycles. The van der Waals surface area contributed by atoms with Crippen LogP contribution in [-0.2, 0) is 6.54 Å². The van der Waals surface area contributed by atoms with Crippen LogP contribution >= 0.6 is 0 Å². The molecule has 5 nitrogen and oxygen atoms in total. The van der Waals surface area contributed by atoms with Gasteiger partial charge in [0.05, 0.1) is 0 Å². The van der Waals surface area contributed by atoms with Crippen LogP contribution in [0.15, 0.2) is 47.9 Å². The number of halogens is 1. The third kappa shape index (κ3) is 3.19. The van der Waals surface area contributed by atoms with Crippen LogP contribution in [0.1, 0.15) is 15.9 Å². The highest BCUT2D eigenvalue weighted by molar-refractivity contribution is 5.94. The van der Waals surface area contributed by atoms with Gasteiger partial charge in [0, 0.05) is 24.5 Å². The highest BCUT2D eigenvalue weighted by Gasteiger charge is 2.09. The molecule has 0 aliphatic carbocycles. The van der Waals surface area contributed by atoms with E-state index in [0.717, 1.165) is 11.6 Å². The summed E-state index contributed by atoms with van der Waals surface area (Å²) in [6.45, 7) is 0.316. The lowest BCUT2D eigenvalue weighted by Crippen LogP contribution is -2.22. The van der Waals surface area contributed by atoms with Gasteiger partial charge in [-0.25, -0.2) is 4.39 Å². The van der Waals surface area contributed by atoms with E-state index in [1.807, 2.05) is 0 Å². The van der Waals surface area contributed by atoms with Gasteiger partial charge >= 0.3 is 0 Å². The Labute approximate surface area is 108 Å². The van der Waals surface area contributed by atoms with Crippen molar-refractivity contribution >= 4 is 11.6 Å². The first-order valence-electron chi connectivity index (χ1n) is 5.50. The number of hydrogen-bond donors (Lipinski definition) is 1. The molecule has 0 fully saturated rings. The Morgan fingerprint density at radius 2 is 2.00 bits per heavy atom. The zero-order chi connectivity index (χ0) is 13.7. The Morgan fingerprint density at radius 1 is 1.26 bits per heavy atom. The number of carbonyl (C=O) groups excluding carboxylic acids is 1. The van der Waals surface area contributed by atoms with Gasteiger partial charge in [0.1, 0.15) is 5.69 Å². The maximum atomic E-state index is 13.3. The minimum Gasteiger partial charge on any atom is -0.348 e. The number of pyridine rings is 1.